The fourth-order valence-electron chi connectivity index (χ4n) is 2.85. The van der Waals surface area contributed by atoms with Gasteiger partial charge < -0.3 is 11.1 Å². The molecule has 1 heterocycles. The van der Waals surface area contributed by atoms with Crippen LogP contribution in [-0.2, 0) is 14.6 Å². The van der Waals surface area contributed by atoms with Crippen molar-refractivity contribution >= 4 is 15.7 Å². The van der Waals surface area contributed by atoms with E-state index in [1.165, 1.54) is 0 Å². The Balaban J connectivity index is 2.72. The fourth-order valence-corrected chi connectivity index (χ4v) is 4.53. The van der Waals surface area contributed by atoms with Gasteiger partial charge in [0.2, 0.25) is 5.91 Å². The van der Waals surface area contributed by atoms with Crippen LogP contribution in [0, 0.1) is 5.41 Å². The summed E-state index contributed by atoms with van der Waals surface area (Å²) >= 11 is 0. The van der Waals surface area contributed by atoms with Crippen molar-refractivity contribution < 1.29 is 13.2 Å². The van der Waals surface area contributed by atoms with Crippen LogP contribution in [0.5, 0.6) is 0 Å². The highest BCUT2D eigenvalue weighted by atomic mass is 32.2. The average Bonchev–Trinajstić information content (AvgIpc) is 2.68. The van der Waals surface area contributed by atoms with Crippen molar-refractivity contribution in [3.63, 3.8) is 0 Å². The summed E-state index contributed by atoms with van der Waals surface area (Å²) < 4.78 is 22.8. The van der Waals surface area contributed by atoms with Gasteiger partial charge in [0.25, 0.3) is 0 Å². The van der Waals surface area contributed by atoms with E-state index in [0.717, 1.165) is 25.7 Å². The molecule has 1 aliphatic heterocycles. The predicted octanol–water partition coefficient (Wildman–Crippen LogP) is 0.835. The lowest BCUT2D eigenvalue weighted by Gasteiger charge is -2.32. The standard InChI is InChI=1S/C13H26N2O3S/c1-3-6-13(10-14,7-4-2)12(16)15-11-5-8-19(17,18)9-11/h11H,3-10,14H2,1-2H3,(H,15,16). The molecule has 1 unspecified atom stereocenters. The van der Waals surface area contributed by atoms with Crippen molar-refractivity contribution in [2.45, 2.75) is 52.0 Å². The molecule has 19 heavy (non-hydrogen) atoms. The summed E-state index contributed by atoms with van der Waals surface area (Å²) in [6.07, 6.45) is 3.82. The van der Waals surface area contributed by atoms with E-state index in [1.54, 1.807) is 0 Å². The topological polar surface area (TPSA) is 89.3 Å². The molecule has 3 N–H and O–H groups in total. The quantitative estimate of drug-likeness (QED) is 0.727. The monoisotopic (exact) mass is 290 g/mol. The first kappa shape index (κ1) is 16.4. The summed E-state index contributed by atoms with van der Waals surface area (Å²) in [5.41, 5.74) is 5.30. The molecule has 1 saturated heterocycles. The van der Waals surface area contributed by atoms with Gasteiger partial charge in [0.15, 0.2) is 9.84 Å². The number of carbonyl (C=O) groups is 1. The lowest BCUT2D eigenvalue weighted by molar-refractivity contribution is -0.132. The SMILES string of the molecule is CCCC(CN)(CCC)C(=O)NC1CCS(=O)(=O)C1. The molecule has 0 bridgehead atoms. The average molecular weight is 290 g/mol. The van der Waals surface area contributed by atoms with E-state index < -0.39 is 15.3 Å². The van der Waals surface area contributed by atoms with Crippen LogP contribution < -0.4 is 11.1 Å². The van der Waals surface area contributed by atoms with Gasteiger partial charge in [0, 0.05) is 12.6 Å². The van der Waals surface area contributed by atoms with Gasteiger partial charge in [-0.3, -0.25) is 4.79 Å². The molecular formula is C13H26N2O3S. The summed E-state index contributed by atoms with van der Waals surface area (Å²) in [5, 5.41) is 2.90. The van der Waals surface area contributed by atoms with Gasteiger partial charge >= 0.3 is 0 Å². The van der Waals surface area contributed by atoms with Crippen molar-refractivity contribution in [1.29, 1.82) is 0 Å². The molecule has 0 aromatic rings. The Bertz CT molecular complexity index is 400. The van der Waals surface area contributed by atoms with E-state index in [4.69, 9.17) is 5.73 Å². The molecule has 0 spiro atoms. The molecule has 6 heteroatoms. The highest BCUT2D eigenvalue weighted by molar-refractivity contribution is 7.91. The summed E-state index contributed by atoms with van der Waals surface area (Å²) in [7, 11) is -2.96. The van der Waals surface area contributed by atoms with E-state index in [0.29, 0.717) is 13.0 Å². The summed E-state index contributed by atoms with van der Waals surface area (Å²) in [6.45, 7) is 4.39. The van der Waals surface area contributed by atoms with Gasteiger partial charge in [-0.05, 0) is 19.3 Å². The second-order valence-corrected chi connectivity index (χ2v) is 7.79. The molecule has 1 rings (SSSR count). The normalized spacial score (nSPS) is 22.4. The molecule has 0 aliphatic carbocycles. The molecule has 1 atom stereocenters. The minimum Gasteiger partial charge on any atom is -0.352 e. The molecular weight excluding hydrogens is 264 g/mol. The van der Waals surface area contributed by atoms with Gasteiger partial charge in [-0.1, -0.05) is 26.7 Å². The maximum Gasteiger partial charge on any atom is 0.227 e. The fraction of sp³-hybridized carbons (Fsp3) is 0.923. The number of rotatable bonds is 7. The number of nitrogens with one attached hydrogen (secondary N) is 1. The van der Waals surface area contributed by atoms with Crippen molar-refractivity contribution in [1.82, 2.24) is 5.32 Å². The Morgan fingerprint density at radius 3 is 2.26 bits per heavy atom. The highest BCUT2D eigenvalue weighted by Gasteiger charge is 2.38. The first-order chi connectivity index (χ1) is 8.89. The van der Waals surface area contributed by atoms with E-state index in [-0.39, 0.29) is 23.5 Å². The van der Waals surface area contributed by atoms with Crippen molar-refractivity contribution in [3.8, 4) is 0 Å². The minimum atomic E-state index is -2.96. The Labute approximate surface area is 116 Å². The van der Waals surface area contributed by atoms with Gasteiger partial charge in [-0.2, -0.15) is 0 Å². The Hall–Kier alpha value is -0.620. The summed E-state index contributed by atoms with van der Waals surface area (Å²) in [5.74, 6) is 0.174. The molecule has 1 amide bonds. The van der Waals surface area contributed by atoms with Gasteiger partial charge in [-0.25, -0.2) is 8.42 Å². The number of nitrogens with two attached hydrogens (primary N) is 1. The van der Waals surface area contributed by atoms with Gasteiger partial charge in [0.1, 0.15) is 0 Å². The smallest absolute Gasteiger partial charge is 0.227 e. The molecule has 1 fully saturated rings. The number of hydrogen-bond donors (Lipinski definition) is 2. The zero-order valence-corrected chi connectivity index (χ0v) is 12.8. The third-order valence-electron chi connectivity index (χ3n) is 3.90. The number of sulfone groups is 1. The lowest BCUT2D eigenvalue weighted by Crippen LogP contribution is -2.49. The molecule has 0 aromatic heterocycles. The largest absolute Gasteiger partial charge is 0.352 e. The first-order valence-electron chi connectivity index (χ1n) is 7.10. The van der Waals surface area contributed by atoms with Crippen LogP contribution in [0.3, 0.4) is 0 Å². The maximum atomic E-state index is 12.5. The van der Waals surface area contributed by atoms with Gasteiger partial charge in [0.05, 0.1) is 16.9 Å². The van der Waals surface area contributed by atoms with Crippen LogP contribution >= 0.6 is 0 Å². The summed E-state index contributed by atoms with van der Waals surface area (Å²) in [6, 6.07) is -0.239. The van der Waals surface area contributed by atoms with Gasteiger partial charge in [-0.15, -0.1) is 0 Å². The summed E-state index contributed by atoms with van der Waals surface area (Å²) in [4.78, 5) is 12.5. The minimum absolute atomic E-state index is 0.0671. The molecule has 0 saturated carbocycles. The zero-order valence-electron chi connectivity index (χ0n) is 11.9. The predicted molar refractivity (Wildman–Crippen MR) is 76.5 cm³/mol. The first-order valence-corrected chi connectivity index (χ1v) is 8.92. The van der Waals surface area contributed by atoms with Crippen LogP contribution in [-0.4, -0.2) is 38.4 Å². The van der Waals surface area contributed by atoms with Crippen LogP contribution in [0.4, 0.5) is 0 Å². The zero-order chi connectivity index (χ0) is 14.5. The second kappa shape index (κ2) is 6.70. The van der Waals surface area contributed by atoms with E-state index in [2.05, 4.69) is 5.32 Å². The Kier molecular flexibility index (Phi) is 5.80. The highest BCUT2D eigenvalue weighted by Crippen LogP contribution is 2.29. The van der Waals surface area contributed by atoms with E-state index in [9.17, 15) is 13.2 Å². The van der Waals surface area contributed by atoms with Crippen LogP contribution in [0.2, 0.25) is 0 Å². The number of carbonyl (C=O) groups excluding carboxylic acids is 1. The van der Waals surface area contributed by atoms with Crippen molar-refractivity contribution in [2.75, 3.05) is 18.1 Å². The van der Waals surface area contributed by atoms with Crippen LogP contribution in [0.15, 0.2) is 0 Å². The van der Waals surface area contributed by atoms with Crippen molar-refractivity contribution in [2.24, 2.45) is 11.1 Å². The Morgan fingerprint density at radius 1 is 1.32 bits per heavy atom. The Morgan fingerprint density at radius 2 is 1.89 bits per heavy atom. The molecule has 112 valence electrons. The van der Waals surface area contributed by atoms with E-state index >= 15 is 0 Å². The van der Waals surface area contributed by atoms with E-state index in [1.807, 2.05) is 13.8 Å². The molecule has 0 radical (unpaired) electrons. The molecule has 5 nitrogen and oxygen atoms in total. The molecule has 1 aliphatic rings. The second-order valence-electron chi connectivity index (χ2n) is 5.56. The van der Waals surface area contributed by atoms with Crippen molar-refractivity contribution in [3.05, 3.63) is 0 Å². The molecule has 0 aromatic carbocycles. The van der Waals surface area contributed by atoms with Crippen LogP contribution in [0.1, 0.15) is 46.0 Å². The maximum absolute atomic E-state index is 12.5. The van der Waals surface area contributed by atoms with Crippen LogP contribution in [0.25, 0.3) is 0 Å². The number of amides is 1. The third kappa shape index (κ3) is 4.18. The number of hydrogen-bond acceptors (Lipinski definition) is 4. The lowest BCUT2D eigenvalue weighted by atomic mass is 9.78. The third-order valence-corrected chi connectivity index (χ3v) is 5.67.